The lowest BCUT2D eigenvalue weighted by atomic mass is 10.1. The average Bonchev–Trinajstić information content (AvgIpc) is 2.42. The third kappa shape index (κ3) is 0.849. The molecule has 62 valence electrons. The molecular weight excluding hydrogens is 140 g/mol. The molecule has 3 saturated heterocycles. The van der Waals surface area contributed by atoms with Gasteiger partial charge >= 0.3 is 0 Å². The van der Waals surface area contributed by atoms with Gasteiger partial charge in [0.1, 0.15) is 0 Å². The van der Waals surface area contributed by atoms with E-state index in [1.165, 1.54) is 26.1 Å². The van der Waals surface area contributed by atoms with Gasteiger partial charge in [0.25, 0.3) is 0 Å². The molecule has 3 fully saturated rings. The first-order valence-corrected chi connectivity index (χ1v) is 4.51. The number of hydrogen-bond donors (Lipinski definition) is 1. The zero-order chi connectivity index (χ0) is 7.26. The Morgan fingerprint density at radius 1 is 1.27 bits per heavy atom. The van der Waals surface area contributed by atoms with Gasteiger partial charge in [-0.25, -0.2) is 0 Å². The summed E-state index contributed by atoms with van der Waals surface area (Å²) in [5, 5.41) is 3.32. The van der Waals surface area contributed by atoms with Crippen LogP contribution in [-0.4, -0.2) is 49.3 Å². The van der Waals surface area contributed by atoms with Crippen LogP contribution in [0.5, 0.6) is 0 Å². The number of fused-ring (bicyclic) bond motifs is 2. The van der Waals surface area contributed by atoms with Crippen molar-refractivity contribution in [2.45, 2.75) is 24.6 Å². The predicted octanol–water partition coefficient (Wildman–Crippen LogP) is -0.569. The van der Waals surface area contributed by atoms with E-state index in [0.29, 0.717) is 6.10 Å². The Labute approximate surface area is 66.7 Å². The van der Waals surface area contributed by atoms with Gasteiger partial charge in [-0.15, -0.1) is 0 Å². The van der Waals surface area contributed by atoms with Gasteiger partial charge in [0.15, 0.2) is 0 Å². The van der Waals surface area contributed by atoms with E-state index >= 15 is 0 Å². The maximum atomic E-state index is 5.54. The minimum atomic E-state index is 0.570. The second kappa shape index (κ2) is 2.19. The fourth-order valence-electron chi connectivity index (χ4n) is 2.38. The Morgan fingerprint density at radius 3 is 2.64 bits per heavy atom. The maximum absolute atomic E-state index is 5.54. The molecule has 0 amide bonds. The molecule has 2 unspecified atom stereocenters. The van der Waals surface area contributed by atoms with E-state index in [1.807, 2.05) is 0 Å². The number of likely N-dealkylation sites (tertiary alicyclic amines) is 1. The zero-order valence-corrected chi connectivity index (χ0v) is 6.62. The molecule has 3 aliphatic heterocycles. The fraction of sp³-hybridized carbons (Fsp3) is 1.00. The van der Waals surface area contributed by atoms with Crippen molar-refractivity contribution in [3.8, 4) is 0 Å². The largest absolute Gasteiger partial charge is 0.375 e. The minimum absolute atomic E-state index is 0.570. The molecule has 3 heterocycles. The molecule has 0 radical (unpaired) electrons. The standard InChI is InChI=1S/C8H14N2O/c1-6-5-11-8(1)4-10(6)7-2-9-3-7/h6-9H,1-5H2. The van der Waals surface area contributed by atoms with Crippen molar-refractivity contribution in [3.05, 3.63) is 0 Å². The molecule has 11 heavy (non-hydrogen) atoms. The van der Waals surface area contributed by atoms with E-state index in [9.17, 15) is 0 Å². The number of ether oxygens (including phenoxy) is 1. The van der Waals surface area contributed by atoms with Crippen LogP contribution >= 0.6 is 0 Å². The van der Waals surface area contributed by atoms with E-state index in [2.05, 4.69) is 10.2 Å². The van der Waals surface area contributed by atoms with Gasteiger partial charge in [0.05, 0.1) is 12.7 Å². The zero-order valence-electron chi connectivity index (χ0n) is 6.62. The van der Waals surface area contributed by atoms with Gasteiger partial charge in [-0.3, -0.25) is 4.90 Å². The van der Waals surface area contributed by atoms with Crippen molar-refractivity contribution in [1.29, 1.82) is 0 Å². The van der Waals surface area contributed by atoms with E-state index in [0.717, 1.165) is 18.7 Å². The third-order valence-corrected chi connectivity index (χ3v) is 3.17. The summed E-state index contributed by atoms with van der Waals surface area (Å²) in [4.78, 5) is 2.63. The molecule has 2 atom stereocenters. The molecule has 3 aliphatic rings. The van der Waals surface area contributed by atoms with Crippen LogP contribution in [0, 0.1) is 0 Å². The second-order valence-corrected chi connectivity index (χ2v) is 3.85. The van der Waals surface area contributed by atoms with Crippen LogP contribution in [0.15, 0.2) is 0 Å². The topological polar surface area (TPSA) is 24.5 Å². The maximum Gasteiger partial charge on any atom is 0.0718 e. The van der Waals surface area contributed by atoms with Crippen molar-refractivity contribution in [2.75, 3.05) is 26.2 Å². The Morgan fingerprint density at radius 2 is 2.18 bits per heavy atom. The summed E-state index contributed by atoms with van der Waals surface area (Å²) in [5.41, 5.74) is 0. The second-order valence-electron chi connectivity index (χ2n) is 3.85. The van der Waals surface area contributed by atoms with Crippen LogP contribution in [0.1, 0.15) is 6.42 Å². The quantitative estimate of drug-likeness (QED) is 0.547. The Hall–Kier alpha value is -0.120. The van der Waals surface area contributed by atoms with Gasteiger partial charge in [-0.05, 0) is 6.42 Å². The average molecular weight is 154 g/mol. The van der Waals surface area contributed by atoms with Gasteiger partial charge in [-0.1, -0.05) is 0 Å². The van der Waals surface area contributed by atoms with E-state index < -0.39 is 0 Å². The molecule has 0 spiro atoms. The van der Waals surface area contributed by atoms with Crippen molar-refractivity contribution in [3.63, 3.8) is 0 Å². The predicted molar refractivity (Wildman–Crippen MR) is 41.5 cm³/mol. The summed E-state index contributed by atoms with van der Waals surface area (Å²) < 4.78 is 5.54. The Balaban J connectivity index is 1.70. The molecular formula is C8H14N2O. The SMILES string of the molecule is C1NCC1N1CC2CC1CO2. The highest BCUT2D eigenvalue weighted by Crippen LogP contribution is 2.30. The van der Waals surface area contributed by atoms with Crippen LogP contribution < -0.4 is 5.32 Å². The fourth-order valence-corrected chi connectivity index (χ4v) is 2.38. The highest BCUT2D eigenvalue weighted by Gasteiger charge is 2.43. The number of morpholine rings is 1. The summed E-state index contributed by atoms with van der Waals surface area (Å²) in [5.74, 6) is 0. The molecule has 3 nitrogen and oxygen atoms in total. The van der Waals surface area contributed by atoms with E-state index in [1.54, 1.807) is 0 Å². The highest BCUT2D eigenvalue weighted by molar-refractivity contribution is 4.98. The molecule has 0 saturated carbocycles. The Bertz CT molecular complexity index is 169. The lowest BCUT2D eigenvalue weighted by Gasteiger charge is -2.40. The van der Waals surface area contributed by atoms with Crippen LogP contribution in [0.25, 0.3) is 0 Å². The van der Waals surface area contributed by atoms with Crippen LogP contribution in [0.2, 0.25) is 0 Å². The summed E-state index contributed by atoms with van der Waals surface area (Å²) in [7, 11) is 0. The third-order valence-electron chi connectivity index (χ3n) is 3.17. The minimum Gasteiger partial charge on any atom is -0.375 e. The summed E-state index contributed by atoms with van der Waals surface area (Å²) >= 11 is 0. The molecule has 3 heteroatoms. The van der Waals surface area contributed by atoms with Gasteiger partial charge in [-0.2, -0.15) is 0 Å². The van der Waals surface area contributed by atoms with Crippen molar-refractivity contribution >= 4 is 0 Å². The van der Waals surface area contributed by atoms with Crippen LogP contribution in [0.4, 0.5) is 0 Å². The normalized spacial score (nSPS) is 44.7. The first-order valence-electron chi connectivity index (χ1n) is 4.51. The monoisotopic (exact) mass is 154 g/mol. The summed E-state index contributed by atoms with van der Waals surface area (Å²) in [6.07, 6.45) is 1.86. The molecule has 0 aliphatic carbocycles. The number of rotatable bonds is 1. The Kier molecular flexibility index (Phi) is 1.27. The lowest BCUT2D eigenvalue weighted by molar-refractivity contribution is 0.000645. The van der Waals surface area contributed by atoms with Gasteiger partial charge < -0.3 is 10.1 Å². The first kappa shape index (κ1) is 6.40. The smallest absolute Gasteiger partial charge is 0.0718 e. The van der Waals surface area contributed by atoms with Gasteiger partial charge in [0.2, 0.25) is 0 Å². The van der Waals surface area contributed by atoms with E-state index in [4.69, 9.17) is 4.74 Å². The van der Waals surface area contributed by atoms with Gasteiger partial charge in [0, 0.05) is 31.7 Å². The molecule has 1 N–H and O–H groups in total. The van der Waals surface area contributed by atoms with Crippen molar-refractivity contribution in [2.24, 2.45) is 0 Å². The molecule has 0 aromatic carbocycles. The van der Waals surface area contributed by atoms with E-state index in [-0.39, 0.29) is 0 Å². The molecule has 0 aromatic rings. The molecule has 2 bridgehead atoms. The van der Waals surface area contributed by atoms with Crippen LogP contribution in [-0.2, 0) is 4.74 Å². The molecule has 0 aromatic heterocycles. The first-order chi connectivity index (χ1) is 5.43. The summed E-state index contributed by atoms with van der Waals surface area (Å²) in [6, 6.07) is 1.58. The van der Waals surface area contributed by atoms with Crippen LogP contribution in [0.3, 0.4) is 0 Å². The number of nitrogens with one attached hydrogen (secondary N) is 1. The lowest BCUT2D eigenvalue weighted by Crippen LogP contribution is -2.60. The summed E-state index contributed by atoms with van der Waals surface area (Å²) in [6.45, 7) is 4.57. The van der Waals surface area contributed by atoms with Crippen molar-refractivity contribution < 1.29 is 4.74 Å². The number of hydrogen-bond acceptors (Lipinski definition) is 3. The highest BCUT2D eigenvalue weighted by atomic mass is 16.5. The number of nitrogens with zero attached hydrogens (tertiary/aromatic N) is 1. The molecule has 3 rings (SSSR count). The van der Waals surface area contributed by atoms with Crippen molar-refractivity contribution in [1.82, 2.24) is 10.2 Å².